The molecule has 2 aromatic rings. The number of ether oxygens (including phenoxy) is 5. The van der Waals surface area contributed by atoms with Crippen LogP contribution >= 0.6 is 0 Å². The molecule has 31 heavy (non-hydrogen) atoms. The van der Waals surface area contributed by atoms with Crippen molar-refractivity contribution in [3.8, 4) is 23.0 Å². The van der Waals surface area contributed by atoms with Gasteiger partial charge in [-0.25, -0.2) is 0 Å². The maximum atomic E-state index is 12.1. The van der Waals surface area contributed by atoms with Crippen molar-refractivity contribution in [3.63, 3.8) is 0 Å². The van der Waals surface area contributed by atoms with Crippen LogP contribution in [0.1, 0.15) is 54.3 Å². The number of likely N-dealkylation sites (N-methyl/N-ethyl adjacent to an activating group) is 1. The summed E-state index contributed by atoms with van der Waals surface area (Å²) >= 11 is 0. The van der Waals surface area contributed by atoms with Crippen molar-refractivity contribution in [1.29, 1.82) is 0 Å². The Morgan fingerprint density at radius 2 is 1.68 bits per heavy atom. The zero-order valence-corrected chi connectivity index (χ0v) is 17.8. The molecule has 0 radical (unpaired) electrons. The second-order valence-electron chi connectivity index (χ2n) is 7.99. The smallest absolute Gasteiger partial charge is 0.308 e. The Labute approximate surface area is 179 Å². The molecular formula is C23H23NO7. The van der Waals surface area contributed by atoms with Crippen LogP contribution in [0.15, 0.2) is 24.3 Å². The highest BCUT2D eigenvalue weighted by atomic mass is 16.7. The molecule has 0 saturated carbocycles. The third-order valence-electron chi connectivity index (χ3n) is 6.16. The lowest BCUT2D eigenvalue weighted by atomic mass is 9.75. The number of hydrogen-bond acceptors (Lipinski definition) is 8. The zero-order valence-electron chi connectivity index (χ0n) is 17.8. The van der Waals surface area contributed by atoms with E-state index in [0.717, 1.165) is 34.4 Å². The summed E-state index contributed by atoms with van der Waals surface area (Å²) in [4.78, 5) is 25.9. The molecule has 0 unspecified atom stereocenters. The van der Waals surface area contributed by atoms with Crippen molar-refractivity contribution in [2.75, 3.05) is 21.0 Å². The first-order valence-electron chi connectivity index (χ1n) is 10.1. The van der Waals surface area contributed by atoms with Gasteiger partial charge in [-0.05, 0) is 54.4 Å². The van der Waals surface area contributed by atoms with Crippen molar-refractivity contribution < 1.29 is 33.3 Å². The molecule has 2 bridgehead atoms. The Morgan fingerprint density at radius 3 is 2.35 bits per heavy atom. The standard InChI is InChI=1S/C23H23NO7/c1-11(25)30-21-9-16-15(8-18(21)27-4)17-5-13-6-19-20(29-10-28-19)7-14(13)22(24(17)3)23(16)31-12(2)26/h6-9,17,22-23H,5,10H2,1-4H3/t17-,22+,23-/m0/s1. The van der Waals surface area contributed by atoms with Gasteiger partial charge in [-0.15, -0.1) is 0 Å². The van der Waals surface area contributed by atoms with Crippen LogP contribution < -0.4 is 18.9 Å². The summed E-state index contributed by atoms with van der Waals surface area (Å²) in [5, 5.41) is 0. The molecule has 0 saturated heterocycles. The molecule has 2 aromatic carbocycles. The number of nitrogens with zero attached hydrogens (tertiary/aromatic N) is 1. The van der Waals surface area contributed by atoms with Crippen LogP contribution in [0.2, 0.25) is 0 Å². The lowest BCUT2D eigenvalue weighted by Crippen LogP contribution is -2.44. The van der Waals surface area contributed by atoms with E-state index in [1.165, 1.54) is 21.0 Å². The van der Waals surface area contributed by atoms with Gasteiger partial charge in [-0.3, -0.25) is 14.5 Å². The SMILES string of the molecule is COc1cc2c(cc1OC(C)=O)[C@H](OC(C)=O)[C@H]1c3cc4c(cc3C[C@@H]2N1C)OCO4. The second kappa shape index (κ2) is 7.16. The molecule has 0 amide bonds. The maximum Gasteiger partial charge on any atom is 0.308 e. The minimum absolute atomic E-state index is 0.0277. The van der Waals surface area contributed by atoms with E-state index in [9.17, 15) is 9.59 Å². The molecule has 8 heteroatoms. The summed E-state index contributed by atoms with van der Waals surface area (Å²) in [5.41, 5.74) is 3.94. The van der Waals surface area contributed by atoms with Gasteiger partial charge in [0, 0.05) is 25.5 Å². The summed E-state index contributed by atoms with van der Waals surface area (Å²) < 4.78 is 27.9. The van der Waals surface area contributed by atoms with Gasteiger partial charge in [-0.2, -0.15) is 0 Å². The van der Waals surface area contributed by atoms with E-state index in [4.69, 9.17) is 23.7 Å². The van der Waals surface area contributed by atoms with Crippen LogP contribution in [0.3, 0.4) is 0 Å². The molecule has 0 aromatic heterocycles. The number of benzene rings is 2. The van der Waals surface area contributed by atoms with Crippen LogP contribution in [0.4, 0.5) is 0 Å². The lowest BCUT2D eigenvalue weighted by molar-refractivity contribution is -0.153. The van der Waals surface area contributed by atoms with E-state index in [1.54, 1.807) is 6.07 Å². The Balaban J connectivity index is 1.70. The summed E-state index contributed by atoms with van der Waals surface area (Å²) in [7, 11) is 3.55. The third kappa shape index (κ3) is 3.09. The molecule has 3 aliphatic rings. The molecule has 5 rings (SSSR count). The van der Waals surface area contributed by atoms with E-state index in [2.05, 4.69) is 4.90 Å². The third-order valence-corrected chi connectivity index (χ3v) is 6.16. The second-order valence-corrected chi connectivity index (χ2v) is 7.99. The molecular weight excluding hydrogens is 402 g/mol. The Morgan fingerprint density at radius 1 is 0.968 bits per heavy atom. The summed E-state index contributed by atoms with van der Waals surface area (Å²) in [5.74, 6) is 1.34. The number of esters is 2. The molecule has 0 aliphatic carbocycles. The quantitative estimate of drug-likeness (QED) is 0.548. The zero-order chi connectivity index (χ0) is 21.9. The van der Waals surface area contributed by atoms with Crippen molar-refractivity contribution in [2.24, 2.45) is 0 Å². The average Bonchev–Trinajstić information content (AvgIpc) is 3.16. The first-order valence-corrected chi connectivity index (χ1v) is 10.1. The minimum atomic E-state index is -0.589. The van der Waals surface area contributed by atoms with Gasteiger partial charge >= 0.3 is 11.9 Å². The fourth-order valence-corrected chi connectivity index (χ4v) is 4.92. The van der Waals surface area contributed by atoms with Crippen molar-refractivity contribution in [1.82, 2.24) is 4.90 Å². The van der Waals surface area contributed by atoms with Gasteiger partial charge < -0.3 is 23.7 Å². The van der Waals surface area contributed by atoms with Crippen LogP contribution in [0, 0.1) is 0 Å². The van der Waals surface area contributed by atoms with Gasteiger partial charge in [0.05, 0.1) is 13.2 Å². The molecule has 3 atom stereocenters. The Kier molecular flexibility index (Phi) is 4.55. The predicted octanol–water partition coefficient (Wildman–Crippen LogP) is 3.24. The minimum Gasteiger partial charge on any atom is -0.493 e. The monoisotopic (exact) mass is 425 g/mol. The number of carbonyl (C=O) groups excluding carboxylic acids is 2. The molecule has 3 aliphatic heterocycles. The summed E-state index contributed by atoms with van der Waals surface area (Å²) in [6.07, 6.45) is 0.155. The Hall–Kier alpha value is -3.26. The van der Waals surface area contributed by atoms with Gasteiger partial charge in [-0.1, -0.05) is 0 Å². The van der Waals surface area contributed by atoms with E-state index in [-0.39, 0.29) is 24.8 Å². The van der Waals surface area contributed by atoms with Crippen LogP contribution in [0.5, 0.6) is 23.0 Å². The van der Waals surface area contributed by atoms with Crippen LogP contribution in [-0.2, 0) is 20.7 Å². The highest BCUT2D eigenvalue weighted by Gasteiger charge is 2.47. The van der Waals surface area contributed by atoms with Crippen molar-refractivity contribution in [2.45, 2.75) is 38.5 Å². The molecule has 0 spiro atoms. The summed E-state index contributed by atoms with van der Waals surface area (Å²) in [6.45, 7) is 2.92. The van der Waals surface area contributed by atoms with Crippen molar-refractivity contribution in [3.05, 3.63) is 46.5 Å². The first kappa shape index (κ1) is 19.7. The largest absolute Gasteiger partial charge is 0.493 e. The number of fused-ring (bicyclic) bond motifs is 7. The lowest BCUT2D eigenvalue weighted by Gasteiger charge is -2.49. The van der Waals surface area contributed by atoms with Crippen LogP contribution in [0.25, 0.3) is 0 Å². The van der Waals surface area contributed by atoms with Crippen LogP contribution in [-0.4, -0.2) is 37.8 Å². The highest BCUT2D eigenvalue weighted by molar-refractivity contribution is 5.71. The molecule has 8 nitrogen and oxygen atoms in total. The fourth-order valence-electron chi connectivity index (χ4n) is 4.92. The number of rotatable bonds is 3. The van der Waals surface area contributed by atoms with E-state index in [0.29, 0.717) is 17.2 Å². The van der Waals surface area contributed by atoms with Crippen molar-refractivity contribution >= 4 is 11.9 Å². The van der Waals surface area contributed by atoms with E-state index in [1.807, 2.05) is 25.2 Å². The Bertz CT molecular complexity index is 1100. The average molecular weight is 425 g/mol. The number of methoxy groups -OCH3 is 1. The molecule has 3 heterocycles. The van der Waals surface area contributed by atoms with E-state index < -0.39 is 12.1 Å². The number of carbonyl (C=O) groups is 2. The molecule has 0 fully saturated rings. The van der Waals surface area contributed by atoms with Gasteiger partial charge in [0.15, 0.2) is 23.0 Å². The first-order chi connectivity index (χ1) is 14.9. The highest BCUT2D eigenvalue weighted by Crippen LogP contribution is 2.56. The van der Waals surface area contributed by atoms with Gasteiger partial charge in [0.2, 0.25) is 6.79 Å². The summed E-state index contributed by atoms with van der Waals surface area (Å²) in [6, 6.07) is 7.43. The normalized spacial score (nSPS) is 22.9. The number of hydrogen-bond donors (Lipinski definition) is 0. The van der Waals surface area contributed by atoms with Gasteiger partial charge in [0.25, 0.3) is 0 Å². The molecule has 162 valence electrons. The van der Waals surface area contributed by atoms with E-state index >= 15 is 0 Å². The molecule has 0 N–H and O–H groups in total. The van der Waals surface area contributed by atoms with Gasteiger partial charge in [0.1, 0.15) is 6.10 Å². The topological polar surface area (TPSA) is 83.5 Å². The fraction of sp³-hybridized carbons (Fsp3) is 0.391. The predicted molar refractivity (Wildman–Crippen MR) is 108 cm³/mol. The maximum absolute atomic E-state index is 12.1.